The molecule has 0 amide bonds. The number of carbonyl (C=O) groups is 1. The highest BCUT2D eigenvalue weighted by Crippen LogP contribution is 2.25. The van der Waals surface area contributed by atoms with Gasteiger partial charge in [-0.15, -0.1) is 11.3 Å². The van der Waals surface area contributed by atoms with Gasteiger partial charge in [0.15, 0.2) is 0 Å². The van der Waals surface area contributed by atoms with Crippen molar-refractivity contribution in [3.05, 3.63) is 76.0 Å². The van der Waals surface area contributed by atoms with E-state index in [2.05, 4.69) is 38.1 Å². The van der Waals surface area contributed by atoms with Gasteiger partial charge in [0, 0.05) is 4.88 Å². The summed E-state index contributed by atoms with van der Waals surface area (Å²) in [6.45, 7) is 4.39. The Morgan fingerprint density at radius 2 is 1.46 bits per heavy atom. The lowest BCUT2D eigenvalue weighted by atomic mass is 10.0. The van der Waals surface area contributed by atoms with Crippen molar-refractivity contribution in [2.45, 2.75) is 52.4 Å². The van der Waals surface area contributed by atoms with E-state index in [0.717, 1.165) is 24.8 Å². The van der Waals surface area contributed by atoms with E-state index in [1.807, 2.05) is 36.4 Å². The molecule has 0 aliphatic carbocycles. The molecule has 0 aliphatic rings. The van der Waals surface area contributed by atoms with Crippen LogP contribution in [0.2, 0.25) is 0 Å². The van der Waals surface area contributed by atoms with E-state index in [0.29, 0.717) is 10.6 Å². The van der Waals surface area contributed by atoms with Crippen LogP contribution in [0.5, 0.6) is 5.75 Å². The highest BCUT2D eigenvalue weighted by atomic mass is 32.1. The third-order valence-electron chi connectivity index (χ3n) is 4.78. The quantitative estimate of drug-likeness (QED) is 0.217. The first kappa shape index (κ1) is 20.3. The molecule has 0 bridgehead atoms. The number of hydrogen-bond acceptors (Lipinski definition) is 3. The number of aryl methyl sites for hydroxylation is 2. The Labute approximate surface area is 172 Å². The minimum absolute atomic E-state index is 0.275. The maximum atomic E-state index is 12.4. The molecule has 0 saturated carbocycles. The summed E-state index contributed by atoms with van der Waals surface area (Å²) >= 11 is 1.54. The first-order valence-electron chi connectivity index (χ1n) is 10.2. The van der Waals surface area contributed by atoms with Gasteiger partial charge in [0.05, 0.1) is 0 Å². The number of carbonyl (C=O) groups excluding carboxylic acids is 1. The maximum absolute atomic E-state index is 12.4. The van der Waals surface area contributed by atoms with Gasteiger partial charge in [-0.05, 0) is 60.2 Å². The van der Waals surface area contributed by atoms with Crippen molar-refractivity contribution in [3.8, 4) is 16.9 Å². The zero-order chi connectivity index (χ0) is 19.8. The van der Waals surface area contributed by atoms with E-state index in [-0.39, 0.29) is 5.97 Å². The number of esters is 1. The van der Waals surface area contributed by atoms with Crippen LogP contribution in [0.25, 0.3) is 11.1 Å². The Kier molecular flexibility index (Phi) is 7.44. The van der Waals surface area contributed by atoms with Gasteiger partial charge in [-0.1, -0.05) is 69.5 Å². The minimum atomic E-state index is -0.275. The van der Waals surface area contributed by atoms with Gasteiger partial charge in [-0.3, -0.25) is 0 Å². The van der Waals surface area contributed by atoms with Gasteiger partial charge >= 0.3 is 5.97 Å². The van der Waals surface area contributed by atoms with E-state index in [1.165, 1.54) is 35.3 Å². The van der Waals surface area contributed by atoms with Gasteiger partial charge in [0.2, 0.25) is 0 Å². The number of hydrogen-bond donors (Lipinski definition) is 0. The molecular weight excluding hydrogens is 364 g/mol. The zero-order valence-electron chi connectivity index (χ0n) is 16.7. The van der Waals surface area contributed by atoms with Gasteiger partial charge in [-0.2, -0.15) is 0 Å². The Hall–Kier alpha value is -2.39. The molecule has 146 valence electrons. The fourth-order valence-corrected chi connectivity index (χ4v) is 4.12. The molecular formula is C25H28O2S. The van der Waals surface area contributed by atoms with E-state index in [9.17, 15) is 4.79 Å². The smallest absolute Gasteiger partial charge is 0.353 e. The van der Waals surface area contributed by atoms with Crippen LogP contribution in [-0.4, -0.2) is 5.97 Å². The van der Waals surface area contributed by atoms with Crippen LogP contribution in [0.4, 0.5) is 0 Å². The SMILES string of the molecule is CCCCCc1ccc(C(=O)Oc2ccc(-c3ccc(CCC)cc3)cc2)s1. The Balaban J connectivity index is 1.60. The first-order valence-corrected chi connectivity index (χ1v) is 11.0. The number of unbranched alkanes of at least 4 members (excludes halogenated alkanes) is 2. The molecule has 3 aromatic rings. The van der Waals surface area contributed by atoms with E-state index in [1.54, 1.807) is 11.3 Å². The van der Waals surface area contributed by atoms with Crippen LogP contribution in [0, 0.1) is 0 Å². The average Bonchev–Trinajstić information content (AvgIpc) is 3.19. The molecule has 2 nitrogen and oxygen atoms in total. The molecule has 0 unspecified atom stereocenters. The van der Waals surface area contributed by atoms with Crippen molar-refractivity contribution in [3.63, 3.8) is 0 Å². The van der Waals surface area contributed by atoms with E-state index in [4.69, 9.17) is 4.74 Å². The monoisotopic (exact) mass is 392 g/mol. The summed E-state index contributed by atoms with van der Waals surface area (Å²) in [7, 11) is 0. The molecule has 1 heterocycles. The molecule has 0 fully saturated rings. The summed E-state index contributed by atoms with van der Waals surface area (Å²) in [5, 5.41) is 0. The molecule has 1 aromatic heterocycles. The van der Waals surface area contributed by atoms with Gasteiger partial charge in [-0.25, -0.2) is 4.79 Å². The fourth-order valence-electron chi connectivity index (χ4n) is 3.20. The number of ether oxygens (including phenoxy) is 1. The molecule has 3 rings (SSSR count). The summed E-state index contributed by atoms with van der Waals surface area (Å²) in [6, 6.07) is 20.3. The second-order valence-electron chi connectivity index (χ2n) is 7.08. The molecule has 2 aromatic carbocycles. The van der Waals surface area contributed by atoms with Crippen LogP contribution in [-0.2, 0) is 12.8 Å². The molecule has 0 atom stereocenters. The topological polar surface area (TPSA) is 26.3 Å². The van der Waals surface area contributed by atoms with E-state index >= 15 is 0 Å². The minimum Gasteiger partial charge on any atom is -0.422 e. The summed E-state index contributed by atoms with van der Waals surface area (Å²) in [5.74, 6) is 0.306. The van der Waals surface area contributed by atoms with Crippen molar-refractivity contribution in [2.24, 2.45) is 0 Å². The molecule has 0 radical (unpaired) electrons. The van der Waals surface area contributed by atoms with E-state index < -0.39 is 0 Å². The normalized spacial score (nSPS) is 10.8. The highest BCUT2D eigenvalue weighted by molar-refractivity contribution is 7.13. The first-order chi connectivity index (χ1) is 13.7. The number of rotatable bonds is 9. The van der Waals surface area contributed by atoms with Crippen LogP contribution in [0.15, 0.2) is 60.7 Å². The van der Waals surface area contributed by atoms with Gasteiger partial charge in [0.25, 0.3) is 0 Å². The predicted molar refractivity (Wildman–Crippen MR) is 118 cm³/mol. The van der Waals surface area contributed by atoms with Crippen molar-refractivity contribution in [2.75, 3.05) is 0 Å². The summed E-state index contributed by atoms with van der Waals surface area (Å²) in [6.07, 6.45) is 6.91. The van der Waals surface area contributed by atoms with Crippen LogP contribution in [0.1, 0.15) is 59.6 Å². The molecule has 0 saturated heterocycles. The maximum Gasteiger partial charge on any atom is 0.353 e. The second-order valence-corrected chi connectivity index (χ2v) is 8.25. The lowest BCUT2D eigenvalue weighted by Crippen LogP contribution is -2.06. The second kappa shape index (κ2) is 10.2. The molecule has 0 N–H and O–H groups in total. The van der Waals surface area contributed by atoms with Gasteiger partial charge < -0.3 is 4.74 Å². The largest absolute Gasteiger partial charge is 0.422 e. The Morgan fingerprint density at radius 1 is 0.786 bits per heavy atom. The van der Waals surface area contributed by atoms with Gasteiger partial charge in [0.1, 0.15) is 10.6 Å². The fraction of sp³-hybridized carbons (Fsp3) is 0.320. The lowest BCUT2D eigenvalue weighted by molar-refractivity contribution is 0.0740. The van der Waals surface area contributed by atoms with Crippen LogP contribution >= 0.6 is 11.3 Å². The van der Waals surface area contributed by atoms with Crippen LogP contribution < -0.4 is 4.74 Å². The summed E-state index contributed by atoms with van der Waals surface area (Å²) < 4.78 is 5.55. The summed E-state index contributed by atoms with van der Waals surface area (Å²) in [4.78, 5) is 14.3. The summed E-state index contributed by atoms with van der Waals surface area (Å²) in [5.41, 5.74) is 3.66. The third kappa shape index (κ3) is 5.56. The lowest BCUT2D eigenvalue weighted by Gasteiger charge is -2.06. The average molecular weight is 393 g/mol. The molecule has 0 aliphatic heterocycles. The number of benzene rings is 2. The van der Waals surface area contributed by atoms with Crippen LogP contribution in [0.3, 0.4) is 0 Å². The predicted octanol–water partition coefficient (Wildman–Crippen LogP) is 7.32. The van der Waals surface area contributed by atoms with Crippen molar-refractivity contribution in [1.82, 2.24) is 0 Å². The third-order valence-corrected chi connectivity index (χ3v) is 5.91. The van der Waals surface area contributed by atoms with Crippen molar-refractivity contribution >= 4 is 17.3 Å². The standard InChI is InChI=1S/C25H28O2S/c1-3-5-6-8-23-17-18-24(28-23)25(26)27-22-15-13-21(14-16-22)20-11-9-19(7-4-2)10-12-20/h9-18H,3-8H2,1-2H3. The highest BCUT2D eigenvalue weighted by Gasteiger charge is 2.12. The number of thiophene rings is 1. The zero-order valence-corrected chi connectivity index (χ0v) is 17.6. The van der Waals surface area contributed by atoms with Crippen molar-refractivity contribution < 1.29 is 9.53 Å². The molecule has 28 heavy (non-hydrogen) atoms. The Morgan fingerprint density at radius 3 is 2.11 bits per heavy atom. The molecule has 0 spiro atoms. The molecule has 3 heteroatoms. The Bertz CT molecular complexity index is 876. The van der Waals surface area contributed by atoms with Crippen molar-refractivity contribution in [1.29, 1.82) is 0 Å².